The van der Waals surface area contributed by atoms with E-state index < -0.39 is 6.10 Å². The first-order chi connectivity index (χ1) is 39.0. The van der Waals surface area contributed by atoms with Gasteiger partial charge in [-0.2, -0.15) is 0 Å². The number of carbonyl (C=O) groups excluding carboxylic acids is 3. The third-order valence-electron chi connectivity index (χ3n) is 16.5. The minimum atomic E-state index is -0.775. The van der Waals surface area contributed by atoms with Crippen molar-refractivity contribution in [3.8, 4) is 0 Å². The first-order valence-electron chi connectivity index (χ1n) is 35.8. The van der Waals surface area contributed by atoms with Crippen molar-refractivity contribution in [2.75, 3.05) is 13.2 Å². The molecular weight excluding hydrogens is 973 g/mol. The van der Waals surface area contributed by atoms with Crippen LogP contribution in [0.25, 0.3) is 0 Å². The zero-order valence-corrected chi connectivity index (χ0v) is 53.7. The van der Waals surface area contributed by atoms with Crippen LogP contribution in [0.2, 0.25) is 0 Å². The average molecular weight is 1110 g/mol. The maximum absolute atomic E-state index is 12.9. The predicted molar refractivity (Wildman–Crippen MR) is 344 cm³/mol. The molecule has 1 unspecified atom stereocenters. The minimum absolute atomic E-state index is 0.0712. The normalized spacial score (nSPS) is 12.1. The molecule has 6 nitrogen and oxygen atoms in total. The van der Waals surface area contributed by atoms with Gasteiger partial charge in [0.15, 0.2) is 6.10 Å². The van der Waals surface area contributed by atoms with E-state index in [0.717, 1.165) is 77.0 Å². The van der Waals surface area contributed by atoms with Gasteiger partial charge in [-0.25, -0.2) is 0 Å². The van der Waals surface area contributed by atoms with Crippen LogP contribution in [0.3, 0.4) is 0 Å². The molecule has 0 aliphatic heterocycles. The Morgan fingerprint density at radius 2 is 0.456 bits per heavy atom. The highest BCUT2D eigenvalue weighted by Gasteiger charge is 2.19. The molecule has 0 aromatic rings. The molecule has 0 aromatic carbocycles. The lowest BCUT2D eigenvalue weighted by molar-refractivity contribution is -0.167. The van der Waals surface area contributed by atoms with E-state index >= 15 is 0 Å². The molecule has 79 heavy (non-hydrogen) atoms. The van der Waals surface area contributed by atoms with E-state index in [1.807, 2.05) is 0 Å². The first kappa shape index (κ1) is 76.9. The van der Waals surface area contributed by atoms with Gasteiger partial charge in [0, 0.05) is 19.3 Å². The van der Waals surface area contributed by atoms with Crippen LogP contribution >= 0.6 is 0 Å². The summed E-state index contributed by atoms with van der Waals surface area (Å²) in [5.41, 5.74) is 0. The fourth-order valence-corrected chi connectivity index (χ4v) is 11.1. The summed E-state index contributed by atoms with van der Waals surface area (Å²) < 4.78 is 16.9. The Bertz CT molecular complexity index is 1270. The van der Waals surface area contributed by atoms with Crippen molar-refractivity contribution in [2.24, 2.45) is 0 Å². The Morgan fingerprint density at radius 1 is 0.253 bits per heavy atom. The van der Waals surface area contributed by atoms with Crippen LogP contribution in [0.15, 0.2) is 24.3 Å². The molecule has 0 rings (SSSR count). The van der Waals surface area contributed by atoms with E-state index in [1.165, 1.54) is 289 Å². The van der Waals surface area contributed by atoms with Crippen molar-refractivity contribution in [3.63, 3.8) is 0 Å². The average Bonchev–Trinajstić information content (AvgIpc) is 3.45. The Labute approximate surface area is 493 Å². The summed E-state index contributed by atoms with van der Waals surface area (Å²) in [7, 11) is 0. The van der Waals surface area contributed by atoms with Gasteiger partial charge in [-0.3, -0.25) is 14.4 Å². The van der Waals surface area contributed by atoms with Crippen LogP contribution in [-0.2, 0) is 28.6 Å². The van der Waals surface area contributed by atoms with Gasteiger partial charge in [0.05, 0.1) is 0 Å². The summed E-state index contributed by atoms with van der Waals surface area (Å²) >= 11 is 0. The van der Waals surface area contributed by atoms with E-state index in [1.54, 1.807) is 0 Å². The molecular formula is C73H138O6. The van der Waals surface area contributed by atoms with Gasteiger partial charge in [0.2, 0.25) is 0 Å². The van der Waals surface area contributed by atoms with Crippen molar-refractivity contribution in [3.05, 3.63) is 24.3 Å². The predicted octanol–water partition coefficient (Wildman–Crippen LogP) is 24.6. The molecule has 0 fully saturated rings. The molecule has 0 N–H and O–H groups in total. The second-order valence-electron chi connectivity index (χ2n) is 24.5. The molecule has 0 spiro atoms. The van der Waals surface area contributed by atoms with Crippen molar-refractivity contribution in [1.29, 1.82) is 0 Å². The first-order valence-corrected chi connectivity index (χ1v) is 35.8. The van der Waals surface area contributed by atoms with E-state index in [0.29, 0.717) is 19.3 Å². The molecule has 0 amide bonds. The van der Waals surface area contributed by atoms with Crippen LogP contribution < -0.4 is 0 Å². The Hall–Kier alpha value is -2.11. The second kappa shape index (κ2) is 68.4. The zero-order chi connectivity index (χ0) is 57.1. The lowest BCUT2D eigenvalue weighted by Crippen LogP contribution is -2.30. The number of allylic oxidation sites excluding steroid dienone is 4. The molecule has 466 valence electrons. The van der Waals surface area contributed by atoms with Gasteiger partial charge in [-0.15, -0.1) is 0 Å². The lowest BCUT2D eigenvalue weighted by atomic mass is 10.0. The number of carbonyl (C=O) groups is 3. The summed E-state index contributed by atoms with van der Waals surface area (Å²) in [6.45, 7) is 6.67. The maximum Gasteiger partial charge on any atom is 0.306 e. The number of hydrogen-bond acceptors (Lipinski definition) is 6. The van der Waals surface area contributed by atoms with E-state index in [9.17, 15) is 14.4 Å². The van der Waals surface area contributed by atoms with Crippen LogP contribution in [-0.4, -0.2) is 37.2 Å². The van der Waals surface area contributed by atoms with E-state index in [-0.39, 0.29) is 31.1 Å². The molecule has 6 heteroatoms. The third-order valence-corrected chi connectivity index (χ3v) is 16.5. The zero-order valence-electron chi connectivity index (χ0n) is 53.7. The van der Waals surface area contributed by atoms with Gasteiger partial charge >= 0.3 is 17.9 Å². The van der Waals surface area contributed by atoms with E-state index in [4.69, 9.17) is 14.2 Å². The summed E-state index contributed by atoms with van der Waals surface area (Å²) in [6, 6.07) is 0. The van der Waals surface area contributed by atoms with Crippen molar-refractivity contribution in [2.45, 2.75) is 412 Å². The molecule has 0 aliphatic rings. The molecule has 0 radical (unpaired) electrons. The van der Waals surface area contributed by atoms with Gasteiger partial charge in [0.25, 0.3) is 0 Å². The number of unbranched alkanes of at least 4 members (excludes halogenated alkanes) is 52. The second-order valence-corrected chi connectivity index (χ2v) is 24.5. The van der Waals surface area contributed by atoms with Gasteiger partial charge < -0.3 is 14.2 Å². The summed E-state index contributed by atoms with van der Waals surface area (Å²) in [4.78, 5) is 38.3. The quantitative estimate of drug-likeness (QED) is 0.0261. The fraction of sp³-hybridized carbons (Fsp3) is 0.904. The highest BCUT2D eigenvalue weighted by molar-refractivity contribution is 5.71. The van der Waals surface area contributed by atoms with Crippen molar-refractivity contribution in [1.82, 2.24) is 0 Å². The number of esters is 3. The summed E-state index contributed by atoms with van der Waals surface area (Å²) in [6.07, 6.45) is 83.8. The smallest absolute Gasteiger partial charge is 0.306 e. The van der Waals surface area contributed by atoms with Crippen LogP contribution in [0.1, 0.15) is 406 Å². The molecule has 0 saturated heterocycles. The van der Waals surface area contributed by atoms with Crippen molar-refractivity contribution < 1.29 is 28.6 Å². The largest absolute Gasteiger partial charge is 0.462 e. The molecule has 0 bridgehead atoms. The van der Waals surface area contributed by atoms with Gasteiger partial charge in [-0.1, -0.05) is 360 Å². The van der Waals surface area contributed by atoms with Gasteiger partial charge in [-0.05, 0) is 51.4 Å². The summed E-state index contributed by atoms with van der Waals surface area (Å²) in [5, 5.41) is 0. The van der Waals surface area contributed by atoms with Crippen LogP contribution in [0.5, 0.6) is 0 Å². The van der Waals surface area contributed by atoms with Crippen molar-refractivity contribution >= 4 is 17.9 Å². The molecule has 0 aliphatic carbocycles. The fourth-order valence-electron chi connectivity index (χ4n) is 11.1. The van der Waals surface area contributed by atoms with Gasteiger partial charge in [0.1, 0.15) is 13.2 Å². The van der Waals surface area contributed by atoms with Crippen LogP contribution in [0, 0.1) is 0 Å². The number of hydrogen-bond donors (Lipinski definition) is 0. The van der Waals surface area contributed by atoms with E-state index in [2.05, 4.69) is 45.1 Å². The highest BCUT2D eigenvalue weighted by Crippen LogP contribution is 2.19. The Kier molecular flexibility index (Phi) is 66.6. The number of ether oxygens (including phenoxy) is 3. The topological polar surface area (TPSA) is 78.9 Å². The maximum atomic E-state index is 12.9. The third kappa shape index (κ3) is 66.6. The van der Waals surface area contributed by atoms with Crippen LogP contribution in [0.4, 0.5) is 0 Å². The highest BCUT2D eigenvalue weighted by atomic mass is 16.6. The minimum Gasteiger partial charge on any atom is -0.462 e. The Morgan fingerprint density at radius 3 is 0.709 bits per heavy atom. The number of rotatable bonds is 67. The lowest BCUT2D eigenvalue weighted by Gasteiger charge is -2.18. The summed E-state index contributed by atoms with van der Waals surface area (Å²) in [5.74, 6) is -0.859. The standard InChI is InChI=1S/C73H138O6/c1-4-7-10-13-16-19-22-24-26-28-29-30-31-32-33-34-35-36-37-38-39-40-41-42-43-44-45-47-48-51-54-57-60-63-66-72(75)78-69-70(68-77-71(74)65-62-59-56-53-50-21-18-15-12-9-6-3)79-73(76)67-64-61-58-55-52-49-46-27-25-23-20-17-14-11-8-5-2/h20,23,27,46,70H,4-19,21-22,24-26,28-45,47-69H2,1-3H3/b23-20-,46-27-. The molecule has 0 saturated carbocycles. The Balaban J connectivity index is 4.02. The SMILES string of the molecule is CCCCCC/C=C\C/C=C\CCCCCCCC(=O)OC(COC(=O)CCCCCCCCCCCCC)COC(=O)CCCCCCCCCCCCCCCCCCCCCCCCCCCCCCCCCCCC. The molecule has 0 heterocycles. The molecule has 0 aromatic heterocycles. The monoisotopic (exact) mass is 1110 g/mol. The molecule has 1 atom stereocenters.